The third kappa shape index (κ3) is 4.12. The summed E-state index contributed by atoms with van der Waals surface area (Å²) in [4.78, 5) is 10.5. The van der Waals surface area contributed by atoms with Crippen LogP contribution in [0.15, 0.2) is 52.3 Å². The van der Waals surface area contributed by atoms with Crippen LogP contribution in [0.4, 0.5) is 5.69 Å². The molecule has 1 fully saturated rings. The Bertz CT molecular complexity index is 974. The van der Waals surface area contributed by atoms with Gasteiger partial charge in [0.1, 0.15) is 23.4 Å². The molecule has 1 aliphatic rings. The van der Waals surface area contributed by atoms with Crippen LogP contribution in [-0.4, -0.2) is 32.7 Å². The lowest BCUT2D eigenvalue weighted by Crippen LogP contribution is -2.18. The third-order valence-electron chi connectivity index (χ3n) is 4.24. The second kappa shape index (κ2) is 6.94. The highest BCUT2D eigenvalue weighted by Gasteiger charge is 2.31. The first-order chi connectivity index (χ1) is 12.6. The van der Waals surface area contributed by atoms with Crippen molar-refractivity contribution in [1.29, 1.82) is 0 Å². The predicted octanol–water partition coefficient (Wildman–Crippen LogP) is 3.50. The van der Waals surface area contributed by atoms with Crippen molar-refractivity contribution in [2.75, 3.05) is 13.2 Å². The van der Waals surface area contributed by atoms with Crippen LogP contribution in [-0.2, 0) is 20.0 Å². The summed E-state index contributed by atoms with van der Waals surface area (Å²) in [6, 6.07) is 10.3. The van der Waals surface area contributed by atoms with E-state index in [1.165, 1.54) is 18.2 Å². The van der Waals surface area contributed by atoms with Gasteiger partial charge >= 0.3 is 0 Å². The third-order valence-corrected chi connectivity index (χ3v) is 6.07. The van der Waals surface area contributed by atoms with Crippen molar-refractivity contribution in [1.82, 2.24) is 0 Å². The number of non-ortho nitro benzene ring substituents is 1. The molecule has 0 amide bonds. The SMILES string of the molecule is CC(C)(C)c1ccccc1S(=O)(=O)c1cc([N+](=O)[O-])ccc1OCC1CO1. The van der Waals surface area contributed by atoms with Crippen molar-refractivity contribution in [3.8, 4) is 5.75 Å². The molecule has 0 saturated carbocycles. The molecule has 7 nitrogen and oxygen atoms in total. The van der Waals surface area contributed by atoms with E-state index in [0.29, 0.717) is 12.2 Å². The summed E-state index contributed by atoms with van der Waals surface area (Å²) in [6.45, 7) is 6.49. The molecule has 1 aliphatic heterocycles. The molecule has 27 heavy (non-hydrogen) atoms. The highest BCUT2D eigenvalue weighted by atomic mass is 32.2. The van der Waals surface area contributed by atoms with Gasteiger partial charge in [0.15, 0.2) is 0 Å². The topological polar surface area (TPSA) is 99.0 Å². The Morgan fingerprint density at radius 1 is 1.19 bits per heavy atom. The van der Waals surface area contributed by atoms with Crippen LogP contribution in [0.25, 0.3) is 0 Å². The average molecular weight is 391 g/mol. The Morgan fingerprint density at radius 3 is 2.44 bits per heavy atom. The molecule has 1 atom stereocenters. The van der Waals surface area contributed by atoms with E-state index in [1.807, 2.05) is 20.8 Å². The molecule has 1 saturated heterocycles. The first kappa shape index (κ1) is 19.3. The second-order valence-corrected chi connectivity index (χ2v) is 9.29. The van der Waals surface area contributed by atoms with Crippen LogP contribution >= 0.6 is 0 Å². The van der Waals surface area contributed by atoms with Gasteiger partial charge in [-0.3, -0.25) is 10.1 Å². The van der Waals surface area contributed by atoms with Crippen molar-refractivity contribution >= 4 is 15.5 Å². The standard InChI is InChI=1S/C19H21NO6S/c1-19(2,3)15-6-4-5-7-17(15)27(23,24)18-10-13(20(21)22)8-9-16(18)26-12-14-11-25-14/h4-10,14H,11-12H2,1-3H3. The predicted molar refractivity (Wildman–Crippen MR) is 98.9 cm³/mol. The summed E-state index contributed by atoms with van der Waals surface area (Å²) < 4.78 is 37.5. The fourth-order valence-corrected chi connectivity index (χ4v) is 4.55. The molecule has 0 aliphatic carbocycles. The molecule has 8 heteroatoms. The van der Waals surface area contributed by atoms with E-state index in [0.717, 1.165) is 6.07 Å². The smallest absolute Gasteiger partial charge is 0.271 e. The monoisotopic (exact) mass is 391 g/mol. The first-order valence-corrected chi connectivity index (χ1v) is 9.96. The molecule has 2 aromatic carbocycles. The maximum absolute atomic E-state index is 13.4. The van der Waals surface area contributed by atoms with Crippen molar-refractivity contribution in [2.45, 2.75) is 42.1 Å². The molecular weight excluding hydrogens is 370 g/mol. The van der Waals surface area contributed by atoms with Gasteiger partial charge in [-0.1, -0.05) is 39.0 Å². The van der Waals surface area contributed by atoms with Crippen LogP contribution in [0, 0.1) is 10.1 Å². The lowest BCUT2D eigenvalue weighted by Gasteiger charge is -2.23. The summed E-state index contributed by atoms with van der Waals surface area (Å²) in [6.07, 6.45) is -0.0717. The molecule has 1 unspecified atom stereocenters. The number of benzene rings is 2. The zero-order valence-electron chi connectivity index (χ0n) is 15.3. The summed E-state index contributed by atoms with van der Waals surface area (Å²) in [7, 11) is -4.04. The molecule has 144 valence electrons. The van der Waals surface area contributed by atoms with Crippen LogP contribution in [0.1, 0.15) is 26.3 Å². The lowest BCUT2D eigenvalue weighted by atomic mass is 9.87. The minimum Gasteiger partial charge on any atom is -0.489 e. The van der Waals surface area contributed by atoms with E-state index in [9.17, 15) is 18.5 Å². The summed E-state index contributed by atoms with van der Waals surface area (Å²) in [5, 5.41) is 11.2. The number of nitro benzene ring substituents is 1. The molecule has 0 N–H and O–H groups in total. The zero-order chi connectivity index (χ0) is 19.8. The zero-order valence-corrected chi connectivity index (χ0v) is 16.2. The van der Waals surface area contributed by atoms with Gasteiger partial charge in [0.2, 0.25) is 9.84 Å². The van der Waals surface area contributed by atoms with Gasteiger partial charge in [-0.2, -0.15) is 0 Å². The van der Waals surface area contributed by atoms with Crippen LogP contribution in [0.2, 0.25) is 0 Å². The van der Waals surface area contributed by atoms with Crippen molar-refractivity contribution < 1.29 is 22.8 Å². The normalized spacial score (nSPS) is 16.8. The minimum absolute atomic E-state index is 0.0717. The van der Waals surface area contributed by atoms with Gasteiger partial charge in [0, 0.05) is 12.1 Å². The van der Waals surface area contributed by atoms with Gasteiger partial charge in [0.05, 0.1) is 16.4 Å². The van der Waals surface area contributed by atoms with E-state index in [-0.39, 0.29) is 33.9 Å². The van der Waals surface area contributed by atoms with Gasteiger partial charge in [-0.05, 0) is 23.1 Å². The summed E-state index contributed by atoms with van der Waals surface area (Å²) in [5.74, 6) is 0.0832. The number of nitrogens with zero attached hydrogens (tertiary/aromatic N) is 1. The van der Waals surface area contributed by atoms with E-state index in [2.05, 4.69) is 0 Å². The Morgan fingerprint density at radius 2 is 1.85 bits per heavy atom. The highest BCUT2D eigenvalue weighted by molar-refractivity contribution is 7.91. The van der Waals surface area contributed by atoms with Crippen molar-refractivity contribution in [3.63, 3.8) is 0 Å². The average Bonchev–Trinajstić information content (AvgIpc) is 3.43. The van der Waals surface area contributed by atoms with Crippen molar-refractivity contribution in [2.24, 2.45) is 0 Å². The van der Waals surface area contributed by atoms with E-state index in [1.54, 1.807) is 18.2 Å². The fourth-order valence-electron chi connectivity index (χ4n) is 2.73. The largest absolute Gasteiger partial charge is 0.489 e. The molecule has 3 rings (SSSR count). The molecule has 0 aromatic heterocycles. The minimum atomic E-state index is -4.04. The number of epoxide rings is 1. The Hall–Kier alpha value is -2.45. The Kier molecular flexibility index (Phi) is 4.96. The number of nitro groups is 1. The second-order valence-electron chi connectivity index (χ2n) is 7.40. The van der Waals surface area contributed by atoms with Crippen LogP contribution in [0.3, 0.4) is 0 Å². The van der Waals surface area contributed by atoms with Crippen LogP contribution < -0.4 is 4.74 Å². The van der Waals surface area contributed by atoms with Gasteiger partial charge in [0.25, 0.3) is 5.69 Å². The lowest BCUT2D eigenvalue weighted by molar-refractivity contribution is -0.385. The van der Waals surface area contributed by atoms with E-state index >= 15 is 0 Å². The maximum Gasteiger partial charge on any atom is 0.271 e. The van der Waals surface area contributed by atoms with Crippen molar-refractivity contribution in [3.05, 3.63) is 58.1 Å². The number of hydrogen-bond donors (Lipinski definition) is 0. The van der Waals surface area contributed by atoms with Gasteiger partial charge in [-0.15, -0.1) is 0 Å². The highest BCUT2D eigenvalue weighted by Crippen LogP contribution is 2.37. The Balaban J connectivity index is 2.15. The van der Waals surface area contributed by atoms with E-state index in [4.69, 9.17) is 9.47 Å². The maximum atomic E-state index is 13.4. The number of sulfone groups is 1. The number of ether oxygens (including phenoxy) is 2. The molecular formula is C19H21NO6S. The fraction of sp³-hybridized carbons (Fsp3) is 0.368. The summed E-state index contributed by atoms with van der Waals surface area (Å²) in [5.41, 5.74) is -0.0995. The molecule has 0 spiro atoms. The van der Waals surface area contributed by atoms with Gasteiger partial charge in [-0.25, -0.2) is 8.42 Å². The Labute approximate surface area is 158 Å². The molecule has 0 radical (unpaired) electrons. The molecule has 2 aromatic rings. The number of hydrogen-bond acceptors (Lipinski definition) is 6. The molecule has 0 bridgehead atoms. The number of rotatable bonds is 6. The molecule has 1 heterocycles. The van der Waals surface area contributed by atoms with E-state index < -0.39 is 20.2 Å². The quantitative estimate of drug-likeness (QED) is 0.424. The summed E-state index contributed by atoms with van der Waals surface area (Å²) >= 11 is 0. The van der Waals surface area contributed by atoms with Crippen LogP contribution in [0.5, 0.6) is 5.75 Å². The van der Waals surface area contributed by atoms with Gasteiger partial charge < -0.3 is 9.47 Å². The first-order valence-electron chi connectivity index (χ1n) is 8.48.